The molecule has 0 saturated heterocycles. The molecule has 2 aromatic rings. The van der Waals surface area contributed by atoms with Crippen molar-refractivity contribution >= 4 is 39.4 Å². The number of para-hydroxylation sites is 1. The first-order chi connectivity index (χ1) is 13.9. The van der Waals surface area contributed by atoms with Crippen LogP contribution >= 0.6 is 15.9 Å². The van der Waals surface area contributed by atoms with E-state index in [1.165, 1.54) is 12.1 Å². The summed E-state index contributed by atoms with van der Waals surface area (Å²) in [5.41, 5.74) is 0.384. The van der Waals surface area contributed by atoms with E-state index in [0.717, 1.165) is 31.7 Å². The lowest BCUT2D eigenvalue weighted by atomic mass is 10.1. The van der Waals surface area contributed by atoms with E-state index in [4.69, 9.17) is 4.74 Å². The first-order valence-corrected chi connectivity index (χ1v) is 10.1. The molecular weight excluding hydrogens is 443 g/mol. The highest BCUT2D eigenvalue weighted by molar-refractivity contribution is 9.10. The van der Waals surface area contributed by atoms with Crippen LogP contribution in [-0.2, 0) is 9.53 Å². The number of carbonyl (C=O) groups is 3. The van der Waals surface area contributed by atoms with Gasteiger partial charge in [-0.1, -0.05) is 40.9 Å². The number of carbonyl (C=O) groups excluding carboxylic acids is 3. The fourth-order valence-electron chi connectivity index (χ4n) is 3.17. The van der Waals surface area contributed by atoms with Gasteiger partial charge in [-0.2, -0.15) is 0 Å². The molecule has 3 rings (SSSR count). The Bertz CT molecular complexity index is 929. The molecule has 0 heterocycles. The largest absolute Gasteiger partial charge is 0.452 e. The number of ether oxygens (including phenoxy) is 1. The summed E-state index contributed by atoms with van der Waals surface area (Å²) >= 11 is 3.10. The van der Waals surface area contributed by atoms with Crippen LogP contribution in [0, 0.1) is 5.82 Å². The second-order valence-electron chi connectivity index (χ2n) is 6.75. The minimum atomic E-state index is -0.947. The number of hydrogen-bond donors (Lipinski definition) is 2. The molecule has 0 radical (unpaired) electrons. The molecular formula is C21H20BrFN2O4. The molecule has 2 aromatic carbocycles. The summed E-state index contributed by atoms with van der Waals surface area (Å²) in [6.45, 7) is -0.604. The summed E-state index contributed by atoms with van der Waals surface area (Å²) in [5, 5.41) is 5.54. The maximum atomic E-state index is 13.8. The lowest BCUT2D eigenvalue weighted by Gasteiger charge is -2.15. The van der Waals surface area contributed by atoms with Crippen molar-refractivity contribution in [3.05, 3.63) is 63.9 Å². The first kappa shape index (κ1) is 21.0. The van der Waals surface area contributed by atoms with Crippen LogP contribution in [0.15, 0.2) is 46.9 Å². The molecule has 1 fully saturated rings. The zero-order valence-corrected chi connectivity index (χ0v) is 17.1. The van der Waals surface area contributed by atoms with Crippen LogP contribution in [0.25, 0.3) is 0 Å². The van der Waals surface area contributed by atoms with E-state index in [1.54, 1.807) is 24.3 Å². The SMILES string of the molecule is O=C(COC(=O)c1ccc(Br)cc1F)Nc1ccccc1C(=O)NC1CCCC1. The predicted molar refractivity (Wildman–Crippen MR) is 109 cm³/mol. The molecule has 0 aromatic heterocycles. The van der Waals surface area contributed by atoms with Crippen molar-refractivity contribution in [2.24, 2.45) is 0 Å². The topological polar surface area (TPSA) is 84.5 Å². The lowest BCUT2D eigenvalue weighted by Crippen LogP contribution is -2.33. The fourth-order valence-corrected chi connectivity index (χ4v) is 3.51. The van der Waals surface area contributed by atoms with Gasteiger partial charge in [-0.3, -0.25) is 9.59 Å². The number of esters is 1. The number of nitrogens with one attached hydrogen (secondary N) is 2. The Morgan fingerprint density at radius 3 is 2.52 bits per heavy atom. The van der Waals surface area contributed by atoms with Gasteiger partial charge >= 0.3 is 5.97 Å². The van der Waals surface area contributed by atoms with Gasteiger partial charge in [0.15, 0.2) is 6.61 Å². The van der Waals surface area contributed by atoms with Crippen molar-refractivity contribution in [1.82, 2.24) is 5.32 Å². The van der Waals surface area contributed by atoms with Crippen molar-refractivity contribution in [3.63, 3.8) is 0 Å². The zero-order valence-electron chi connectivity index (χ0n) is 15.5. The summed E-state index contributed by atoms with van der Waals surface area (Å²) in [6, 6.07) is 10.6. The Morgan fingerprint density at radius 1 is 1.07 bits per heavy atom. The van der Waals surface area contributed by atoms with E-state index in [9.17, 15) is 18.8 Å². The van der Waals surface area contributed by atoms with Gasteiger partial charge in [0.1, 0.15) is 5.82 Å². The summed E-state index contributed by atoms with van der Waals surface area (Å²) < 4.78 is 19.2. The van der Waals surface area contributed by atoms with Crippen LogP contribution in [0.4, 0.5) is 10.1 Å². The molecule has 0 aliphatic heterocycles. The summed E-state index contributed by atoms with van der Waals surface area (Å²) in [4.78, 5) is 36.7. The van der Waals surface area contributed by atoms with Gasteiger partial charge in [-0.05, 0) is 43.2 Å². The van der Waals surface area contributed by atoms with Crippen LogP contribution in [-0.4, -0.2) is 30.4 Å². The van der Waals surface area contributed by atoms with E-state index in [1.807, 2.05) is 0 Å². The number of amides is 2. The Morgan fingerprint density at radius 2 is 1.79 bits per heavy atom. The predicted octanol–water partition coefficient (Wildman–Crippen LogP) is 4.06. The number of benzene rings is 2. The van der Waals surface area contributed by atoms with Gasteiger partial charge in [0.2, 0.25) is 0 Å². The van der Waals surface area contributed by atoms with Gasteiger partial charge in [0.05, 0.1) is 16.8 Å². The maximum absolute atomic E-state index is 13.8. The third-order valence-corrected chi connectivity index (χ3v) is 5.11. The molecule has 152 valence electrons. The molecule has 29 heavy (non-hydrogen) atoms. The van der Waals surface area contributed by atoms with Crippen molar-refractivity contribution in [2.45, 2.75) is 31.7 Å². The molecule has 2 N–H and O–H groups in total. The number of rotatable bonds is 6. The van der Waals surface area contributed by atoms with E-state index >= 15 is 0 Å². The molecule has 0 atom stereocenters. The van der Waals surface area contributed by atoms with Crippen LogP contribution in [0.3, 0.4) is 0 Å². The first-order valence-electron chi connectivity index (χ1n) is 9.26. The molecule has 2 amide bonds. The monoisotopic (exact) mass is 462 g/mol. The molecule has 1 aliphatic carbocycles. The summed E-state index contributed by atoms with van der Waals surface area (Å²) in [6.07, 6.45) is 4.08. The van der Waals surface area contributed by atoms with Crippen molar-refractivity contribution in [1.29, 1.82) is 0 Å². The van der Waals surface area contributed by atoms with Crippen LogP contribution in [0.2, 0.25) is 0 Å². The molecule has 6 nitrogen and oxygen atoms in total. The van der Waals surface area contributed by atoms with E-state index in [0.29, 0.717) is 15.7 Å². The van der Waals surface area contributed by atoms with Crippen molar-refractivity contribution in [2.75, 3.05) is 11.9 Å². The molecule has 8 heteroatoms. The van der Waals surface area contributed by atoms with Gasteiger partial charge in [0.25, 0.3) is 11.8 Å². The highest BCUT2D eigenvalue weighted by atomic mass is 79.9. The van der Waals surface area contributed by atoms with Gasteiger partial charge in [-0.25, -0.2) is 9.18 Å². The van der Waals surface area contributed by atoms with Gasteiger partial charge < -0.3 is 15.4 Å². The quantitative estimate of drug-likeness (QED) is 0.634. The van der Waals surface area contributed by atoms with E-state index in [2.05, 4.69) is 26.6 Å². The summed E-state index contributed by atoms with van der Waals surface area (Å²) in [7, 11) is 0. The number of anilines is 1. The average molecular weight is 463 g/mol. The lowest BCUT2D eigenvalue weighted by molar-refractivity contribution is -0.119. The third kappa shape index (κ3) is 5.63. The summed E-state index contributed by atoms with van der Waals surface area (Å²) in [5.74, 6) is -2.59. The Labute approximate surface area is 175 Å². The van der Waals surface area contributed by atoms with Crippen LogP contribution in [0.5, 0.6) is 0 Å². The second kappa shape index (κ2) is 9.65. The zero-order chi connectivity index (χ0) is 20.8. The molecule has 1 aliphatic rings. The van der Waals surface area contributed by atoms with Crippen molar-refractivity contribution < 1.29 is 23.5 Å². The third-order valence-electron chi connectivity index (χ3n) is 4.62. The highest BCUT2D eigenvalue weighted by Gasteiger charge is 2.20. The van der Waals surface area contributed by atoms with E-state index < -0.39 is 24.3 Å². The molecule has 0 unspecified atom stereocenters. The standard InChI is InChI=1S/C21H20BrFN2O4/c22-13-9-10-15(17(23)11-13)21(28)29-12-19(26)25-18-8-4-3-7-16(18)20(27)24-14-5-1-2-6-14/h3-4,7-11,14H,1-2,5-6,12H2,(H,24,27)(H,25,26). The Kier molecular flexibility index (Phi) is 6.98. The van der Waals surface area contributed by atoms with Crippen LogP contribution < -0.4 is 10.6 Å². The van der Waals surface area contributed by atoms with Gasteiger partial charge in [-0.15, -0.1) is 0 Å². The second-order valence-corrected chi connectivity index (χ2v) is 7.66. The minimum absolute atomic E-state index is 0.146. The molecule has 0 bridgehead atoms. The normalized spacial score (nSPS) is 13.7. The highest BCUT2D eigenvalue weighted by Crippen LogP contribution is 2.20. The maximum Gasteiger partial charge on any atom is 0.341 e. The number of hydrogen-bond acceptors (Lipinski definition) is 4. The Balaban J connectivity index is 1.59. The van der Waals surface area contributed by atoms with E-state index in [-0.39, 0.29) is 17.5 Å². The molecule has 0 spiro atoms. The van der Waals surface area contributed by atoms with Gasteiger partial charge in [0, 0.05) is 10.5 Å². The average Bonchev–Trinajstić information content (AvgIpc) is 3.19. The van der Waals surface area contributed by atoms with Crippen LogP contribution in [0.1, 0.15) is 46.4 Å². The number of halogens is 2. The fraction of sp³-hybridized carbons (Fsp3) is 0.286. The molecule has 1 saturated carbocycles. The minimum Gasteiger partial charge on any atom is -0.452 e. The van der Waals surface area contributed by atoms with Crippen molar-refractivity contribution in [3.8, 4) is 0 Å². The Hall–Kier alpha value is -2.74. The smallest absolute Gasteiger partial charge is 0.341 e.